The molecule has 0 N–H and O–H groups in total. The van der Waals surface area contributed by atoms with Gasteiger partial charge in [0.1, 0.15) is 0 Å². The van der Waals surface area contributed by atoms with E-state index in [0.717, 1.165) is 0 Å². The van der Waals surface area contributed by atoms with E-state index in [-0.39, 0.29) is 42.7 Å². The Kier molecular flexibility index (Phi) is 4.94. The molecule has 3 aliphatic rings. The summed E-state index contributed by atoms with van der Waals surface area (Å²) >= 11 is 0. The van der Waals surface area contributed by atoms with Crippen molar-refractivity contribution in [3.8, 4) is 0 Å². The molecular weight excluding hydrogens is 384 g/mol. The molecule has 0 radical (unpaired) electrons. The summed E-state index contributed by atoms with van der Waals surface area (Å²) in [4.78, 5) is 0. The van der Waals surface area contributed by atoms with Crippen LogP contribution in [0.15, 0.2) is 22.3 Å². The highest BCUT2D eigenvalue weighted by Gasteiger charge is 2.66. The van der Waals surface area contributed by atoms with Crippen LogP contribution in [0.1, 0.15) is 83.1 Å². The van der Waals surface area contributed by atoms with Crippen LogP contribution in [0.2, 0.25) is 0 Å². The third-order valence-electron chi connectivity index (χ3n) is 6.50. The van der Waals surface area contributed by atoms with E-state index in [1.165, 1.54) is 22.3 Å². The van der Waals surface area contributed by atoms with E-state index in [2.05, 4.69) is 83.1 Å². The molecule has 28 heavy (non-hydrogen) atoms. The average molecular weight is 425 g/mol. The molecule has 3 rings (SSSR count). The minimum Gasteiger partial charge on any atom is -0.258 e. The van der Waals surface area contributed by atoms with Crippen molar-refractivity contribution < 1.29 is 8.42 Å². The molecule has 4 heteroatoms. The summed E-state index contributed by atoms with van der Waals surface area (Å²) in [6.45, 7) is 26.9. The fraction of sp³-hybridized carbons (Fsp3) is 0.833. The lowest BCUT2D eigenvalue weighted by molar-refractivity contribution is 0.402. The van der Waals surface area contributed by atoms with E-state index >= 15 is 0 Å². The fourth-order valence-electron chi connectivity index (χ4n) is 5.81. The van der Waals surface area contributed by atoms with E-state index in [1.807, 2.05) is 0 Å². The lowest BCUT2D eigenvalue weighted by atomic mass is 9.65. The van der Waals surface area contributed by atoms with Gasteiger partial charge in [-0.1, -0.05) is 83.1 Å². The van der Waals surface area contributed by atoms with Gasteiger partial charge < -0.3 is 0 Å². The van der Waals surface area contributed by atoms with Crippen LogP contribution < -0.4 is 0 Å². The highest BCUT2D eigenvalue weighted by Crippen LogP contribution is 2.62. The van der Waals surface area contributed by atoms with Gasteiger partial charge in [0.05, 0.1) is 21.0 Å². The fourth-order valence-corrected chi connectivity index (χ4v) is 12.1. The first-order valence-electron chi connectivity index (χ1n) is 10.6. The first kappa shape index (κ1) is 22.5. The Balaban J connectivity index is 2.41. The standard InChI is InChI=1S/C24H40O2S2/c1-21(2,3)13-14(22(4,5)6)18-20-16(24(10,11)12)15(23(7,8)9)19(28(20)26)17(13)27(18)25/h17-20H,1-12H3. The summed E-state index contributed by atoms with van der Waals surface area (Å²) in [7, 11) is -2.02. The minimum atomic E-state index is -1.01. The van der Waals surface area contributed by atoms with Crippen LogP contribution >= 0.6 is 0 Å². The zero-order valence-corrected chi connectivity index (χ0v) is 21.6. The second-order valence-electron chi connectivity index (χ2n) is 13.0. The molecule has 0 amide bonds. The normalized spacial score (nSPS) is 36.6. The Bertz CT molecular complexity index is 683. The van der Waals surface area contributed by atoms with Crippen LogP contribution in [0.25, 0.3) is 0 Å². The van der Waals surface area contributed by atoms with E-state index in [0.29, 0.717) is 0 Å². The molecule has 0 aromatic rings. The highest BCUT2D eigenvalue weighted by molar-refractivity contribution is 7.95. The monoisotopic (exact) mass is 424 g/mol. The molecule has 0 aromatic carbocycles. The van der Waals surface area contributed by atoms with E-state index in [9.17, 15) is 8.42 Å². The van der Waals surface area contributed by atoms with Crippen LogP contribution in [0.5, 0.6) is 0 Å². The molecule has 0 aliphatic carbocycles. The van der Waals surface area contributed by atoms with Crippen LogP contribution in [-0.4, -0.2) is 29.4 Å². The van der Waals surface area contributed by atoms with Gasteiger partial charge in [0, 0.05) is 21.6 Å². The maximum atomic E-state index is 14.0. The predicted molar refractivity (Wildman–Crippen MR) is 123 cm³/mol. The third kappa shape index (κ3) is 3.07. The molecule has 2 nitrogen and oxygen atoms in total. The molecule has 3 heterocycles. The molecular formula is C24H40O2S2. The molecule has 160 valence electrons. The highest BCUT2D eigenvalue weighted by atomic mass is 32.2. The largest absolute Gasteiger partial charge is 0.258 e. The first-order valence-corrected chi connectivity index (χ1v) is 13.1. The lowest BCUT2D eigenvalue weighted by Gasteiger charge is -2.38. The van der Waals surface area contributed by atoms with Crippen molar-refractivity contribution in [1.82, 2.24) is 0 Å². The van der Waals surface area contributed by atoms with Crippen LogP contribution in [-0.2, 0) is 21.6 Å². The number of hydrogen-bond acceptors (Lipinski definition) is 2. The molecule has 4 unspecified atom stereocenters. The Morgan fingerprint density at radius 3 is 0.679 bits per heavy atom. The molecule has 3 aliphatic heterocycles. The van der Waals surface area contributed by atoms with E-state index < -0.39 is 21.6 Å². The number of fused-ring (bicyclic) bond motifs is 6. The van der Waals surface area contributed by atoms with Gasteiger partial charge >= 0.3 is 0 Å². The van der Waals surface area contributed by atoms with Gasteiger partial charge in [-0.25, -0.2) is 0 Å². The minimum absolute atomic E-state index is 0.0722. The smallest absolute Gasteiger partial charge is 0.0753 e. The van der Waals surface area contributed by atoms with E-state index in [1.54, 1.807) is 0 Å². The summed E-state index contributed by atoms with van der Waals surface area (Å²) in [5.41, 5.74) is 5.04. The summed E-state index contributed by atoms with van der Waals surface area (Å²) in [5.74, 6) is 0. The van der Waals surface area contributed by atoms with Crippen molar-refractivity contribution in [1.29, 1.82) is 0 Å². The van der Waals surface area contributed by atoms with Gasteiger partial charge in [0.15, 0.2) is 0 Å². The maximum Gasteiger partial charge on any atom is 0.0753 e. The summed E-state index contributed by atoms with van der Waals surface area (Å²) in [6.07, 6.45) is 0. The van der Waals surface area contributed by atoms with Gasteiger partial charge in [-0.2, -0.15) is 0 Å². The van der Waals surface area contributed by atoms with Gasteiger partial charge in [0.25, 0.3) is 0 Å². The number of hydrogen-bond donors (Lipinski definition) is 0. The quantitative estimate of drug-likeness (QED) is 0.462. The Morgan fingerprint density at radius 1 is 0.429 bits per heavy atom. The second-order valence-corrected chi connectivity index (χ2v) is 16.3. The van der Waals surface area contributed by atoms with E-state index in [4.69, 9.17) is 0 Å². The summed E-state index contributed by atoms with van der Waals surface area (Å²) < 4.78 is 27.9. The van der Waals surface area contributed by atoms with Crippen molar-refractivity contribution in [3.63, 3.8) is 0 Å². The van der Waals surface area contributed by atoms with Gasteiger partial charge in [0.2, 0.25) is 0 Å². The van der Waals surface area contributed by atoms with Crippen molar-refractivity contribution in [2.75, 3.05) is 0 Å². The Morgan fingerprint density at radius 2 is 0.571 bits per heavy atom. The summed E-state index contributed by atoms with van der Waals surface area (Å²) in [5, 5.41) is -0.425. The second kappa shape index (κ2) is 6.15. The molecule has 4 atom stereocenters. The zero-order valence-electron chi connectivity index (χ0n) is 19.9. The molecule has 0 spiro atoms. The van der Waals surface area contributed by atoms with Gasteiger partial charge in [-0.05, 0) is 44.0 Å². The van der Waals surface area contributed by atoms with Gasteiger partial charge in [-0.15, -0.1) is 0 Å². The third-order valence-corrected chi connectivity index (χ3v) is 10.9. The van der Waals surface area contributed by atoms with Crippen molar-refractivity contribution in [2.24, 2.45) is 21.7 Å². The molecule has 0 saturated carbocycles. The Hall–Kier alpha value is -0.220. The lowest BCUT2D eigenvalue weighted by Crippen LogP contribution is -2.48. The molecule has 1 fully saturated rings. The molecule has 0 aromatic heterocycles. The first-order chi connectivity index (χ1) is 12.3. The van der Waals surface area contributed by atoms with Crippen LogP contribution in [0, 0.1) is 21.7 Å². The predicted octanol–water partition coefficient (Wildman–Crippen LogP) is 5.78. The topological polar surface area (TPSA) is 34.1 Å². The zero-order chi connectivity index (χ0) is 21.8. The Labute approximate surface area is 177 Å². The van der Waals surface area contributed by atoms with Crippen LogP contribution in [0.4, 0.5) is 0 Å². The molecule has 4 bridgehead atoms. The summed E-state index contributed by atoms with van der Waals surface area (Å²) in [6, 6.07) is 0. The van der Waals surface area contributed by atoms with Gasteiger partial charge in [-0.3, -0.25) is 8.42 Å². The maximum absolute atomic E-state index is 14.0. The average Bonchev–Trinajstić information content (AvgIpc) is 2.77. The van der Waals surface area contributed by atoms with Crippen LogP contribution in [0.3, 0.4) is 0 Å². The van der Waals surface area contributed by atoms with Crippen molar-refractivity contribution >= 4 is 21.6 Å². The SMILES string of the molecule is CC(C)(C)C1=C(C(C)(C)C)C2C3C(C(C)(C)C)=C(C(C)(C)C)C(C1S2=O)S3=O. The number of rotatable bonds is 0. The van der Waals surface area contributed by atoms with Crippen molar-refractivity contribution in [2.45, 2.75) is 104 Å². The van der Waals surface area contributed by atoms with Crippen molar-refractivity contribution in [3.05, 3.63) is 22.3 Å². The molecule has 1 saturated heterocycles.